The SMILES string of the molecule is CCC1CC(Nc2ccc(Br)c(F)c2)CCO1. The molecule has 17 heavy (non-hydrogen) atoms. The Labute approximate surface area is 110 Å². The molecule has 2 atom stereocenters. The van der Waals surface area contributed by atoms with Gasteiger partial charge in [0.2, 0.25) is 0 Å². The molecule has 2 unspecified atom stereocenters. The Morgan fingerprint density at radius 1 is 1.53 bits per heavy atom. The number of nitrogens with one attached hydrogen (secondary N) is 1. The van der Waals surface area contributed by atoms with E-state index in [1.807, 2.05) is 6.07 Å². The van der Waals surface area contributed by atoms with Crippen LogP contribution in [0.4, 0.5) is 10.1 Å². The van der Waals surface area contributed by atoms with E-state index in [0.717, 1.165) is 31.6 Å². The van der Waals surface area contributed by atoms with Crippen molar-refractivity contribution in [2.24, 2.45) is 0 Å². The van der Waals surface area contributed by atoms with Crippen LogP contribution in [0.3, 0.4) is 0 Å². The second-order valence-corrected chi connectivity index (χ2v) is 5.25. The van der Waals surface area contributed by atoms with Crippen LogP contribution in [0.15, 0.2) is 22.7 Å². The number of benzene rings is 1. The Hall–Kier alpha value is -0.610. The van der Waals surface area contributed by atoms with E-state index in [0.29, 0.717) is 16.6 Å². The minimum atomic E-state index is -0.228. The molecule has 0 saturated carbocycles. The third kappa shape index (κ3) is 3.42. The molecule has 1 saturated heterocycles. The highest BCUT2D eigenvalue weighted by molar-refractivity contribution is 9.10. The van der Waals surface area contributed by atoms with E-state index < -0.39 is 0 Å². The van der Waals surface area contributed by atoms with Gasteiger partial charge in [0.05, 0.1) is 10.6 Å². The predicted molar refractivity (Wildman–Crippen MR) is 70.8 cm³/mol. The van der Waals surface area contributed by atoms with Crippen molar-refractivity contribution in [2.75, 3.05) is 11.9 Å². The normalized spacial score (nSPS) is 24.6. The van der Waals surface area contributed by atoms with E-state index in [4.69, 9.17) is 4.74 Å². The Morgan fingerprint density at radius 2 is 2.35 bits per heavy atom. The number of halogens is 2. The lowest BCUT2D eigenvalue weighted by Gasteiger charge is -2.30. The van der Waals surface area contributed by atoms with Gasteiger partial charge < -0.3 is 10.1 Å². The zero-order valence-corrected chi connectivity index (χ0v) is 11.5. The summed E-state index contributed by atoms with van der Waals surface area (Å²) in [5.74, 6) is -0.228. The van der Waals surface area contributed by atoms with Gasteiger partial charge in [-0.3, -0.25) is 0 Å². The molecule has 0 amide bonds. The molecule has 1 heterocycles. The van der Waals surface area contributed by atoms with E-state index in [-0.39, 0.29) is 5.82 Å². The van der Waals surface area contributed by atoms with Crippen molar-refractivity contribution in [3.05, 3.63) is 28.5 Å². The van der Waals surface area contributed by atoms with Crippen LogP contribution in [0, 0.1) is 5.82 Å². The molecule has 1 aliphatic rings. The van der Waals surface area contributed by atoms with E-state index >= 15 is 0 Å². The number of hydrogen-bond acceptors (Lipinski definition) is 2. The third-order valence-corrected chi connectivity index (χ3v) is 3.76. The highest BCUT2D eigenvalue weighted by Crippen LogP contribution is 2.23. The van der Waals surface area contributed by atoms with Crippen LogP contribution in [0.25, 0.3) is 0 Å². The molecular weight excluding hydrogens is 285 g/mol. The lowest BCUT2D eigenvalue weighted by molar-refractivity contribution is 0.00925. The largest absolute Gasteiger partial charge is 0.382 e. The zero-order chi connectivity index (χ0) is 12.3. The fraction of sp³-hybridized carbons (Fsp3) is 0.538. The third-order valence-electron chi connectivity index (χ3n) is 3.11. The monoisotopic (exact) mass is 301 g/mol. The van der Waals surface area contributed by atoms with Gasteiger partial charge in [-0.2, -0.15) is 0 Å². The number of ether oxygens (including phenoxy) is 1. The van der Waals surface area contributed by atoms with Crippen molar-refractivity contribution in [2.45, 2.75) is 38.3 Å². The van der Waals surface area contributed by atoms with E-state index in [2.05, 4.69) is 28.2 Å². The molecule has 1 aliphatic heterocycles. The average molecular weight is 302 g/mol. The molecule has 1 aromatic rings. The highest BCUT2D eigenvalue weighted by atomic mass is 79.9. The quantitative estimate of drug-likeness (QED) is 0.912. The smallest absolute Gasteiger partial charge is 0.139 e. The van der Waals surface area contributed by atoms with Crippen LogP contribution in [-0.2, 0) is 4.74 Å². The van der Waals surface area contributed by atoms with Gasteiger partial charge in [-0.05, 0) is 53.4 Å². The summed E-state index contributed by atoms with van der Waals surface area (Å²) in [5.41, 5.74) is 0.840. The van der Waals surface area contributed by atoms with Gasteiger partial charge in [-0.25, -0.2) is 4.39 Å². The van der Waals surface area contributed by atoms with Gasteiger partial charge in [0.25, 0.3) is 0 Å². The van der Waals surface area contributed by atoms with Crippen molar-refractivity contribution in [3.63, 3.8) is 0 Å². The Bertz CT molecular complexity index is 386. The second kappa shape index (κ2) is 5.83. The Kier molecular flexibility index (Phi) is 4.40. The number of hydrogen-bond donors (Lipinski definition) is 1. The van der Waals surface area contributed by atoms with Gasteiger partial charge in [0.1, 0.15) is 5.82 Å². The molecular formula is C13H17BrFNO. The van der Waals surface area contributed by atoms with E-state index in [1.165, 1.54) is 6.07 Å². The van der Waals surface area contributed by atoms with Crippen LogP contribution in [0.1, 0.15) is 26.2 Å². The van der Waals surface area contributed by atoms with Gasteiger partial charge in [0.15, 0.2) is 0 Å². The molecule has 2 nitrogen and oxygen atoms in total. The molecule has 0 spiro atoms. The molecule has 2 rings (SSSR count). The molecule has 1 N–H and O–H groups in total. The van der Waals surface area contributed by atoms with Crippen LogP contribution in [0.2, 0.25) is 0 Å². The number of rotatable bonds is 3. The number of anilines is 1. The van der Waals surface area contributed by atoms with Crippen molar-refractivity contribution < 1.29 is 9.13 Å². The molecule has 0 aromatic heterocycles. The summed E-state index contributed by atoms with van der Waals surface area (Å²) in [6.45, 7) is 2.92. The summed E-state index contributed by atoms with van der Waals surface area (Å²) in [4.78, 5) is 0. The summed E-state index contributed by atoms with van der Waals surface area (Å²) in [5, 5.41) is 3.37. The molecule has 4 heteroatoms. The Morgan fingerprint density at radius 3 is 3.06 bits per heavy atom. The molecule has 0 radical (unpaired) electrons. The van der Waals surface area contributed by atoms with Crippen molar-refractivity contribution in [3.8, 4) is 0 Å². The van der Waals surface area contributed by atoms with Crippen molar-refractivity contribution in [1.82, 2.24) is 0 Å². The predicted octanol–water partition coefficient (Wildman–Crippen LogP) is 3.96. The minimum absolute atomic E-state index is 0.228. The highest BCUT2D eigenvalue weighted by Gasteiger charge is 2.21. The summed E-state index contributed by atoms with van der Waals surface area (Å²) < 4.78 is 19.5. The maximum Gasteiger partial charge on any atom is 0.139 e. The van der Waals surface area contributed by atoms with Crippen LogP contribution in [-0.4, -0.2) is 18.8 Å². The summed E-state index contributed by atoms with van der Waals surface area (Å²) in [6, 6.07) is 5.53. The lowest BCUT2D eigenvalue weighted by atomic mass is 10.0. The topological polar surface area (TPSA) is 21.3 Å². The standard InChI is InChI=1S/C13H17BrFNO/c1-2-11-7-10(5-6-17-11)16-9-3-4-12(14)13(15)8-9/h3-4,8,10-11,16H,2,5-7H2,1H3. The summed E-state index contributed by atoms with van der Waals surface area (Å²) >= 11 is 3.15. The maximum atomic E-state index is 13.4. The molecule has 1 fully saturated rings. The fourth-order valence-corrected chi connectivity index (χ4v) is 2.36. The van der Waals surface area contributed by atoms with Crippen molar-refractivity contribution >= 4 is 21.6 Å². The van der Waals surface area contributed by atoms with Crippen LogP contribution < -0.4 is 5.32 Å². The van der Waals surface area contributed by atoms with Gasteiger partial charge in [0, 0.05) is 18.3 Å². The fourth-order valence-electron chi connectivity index (χ4n) is 2.12. The molecule has 1 aromatic carbocycles. The first-order valence-electron chi connectivity index (χ1n) is 6.02. The average Bonchev–Trinajstić information content (AvgIpc) is 2.34. The Balaban J connectivity index is 1.97. The maximum absolute atomic E-state index is 13.4. The van der Waals surface area contributed by atoms with Crippen molar-refractivity contribution in [1.29, 1.82) is 0 Å². The minimum Gasteiger partial charge on any atom is -0.382 e. The van der Waals surface area contributed by atoms with Gasteiger partial charge in [-0.1, -0.05) is 6.92 Å². The van der Waals surface area contributed by atoms with E-state index in [9.17, 15) is 4.39 Å². The first kappa shape index (κ1) is 12.8. The second-order valence-electron chi connectivity index (χ2n) is 4.40. The first-order valence-corrected chi connectivity index (χ1v) is 6.81. The van der Waals surface area contributed by atoms with Gasteiger partial charge >= 0.3 is 0 Å². The first-order chi connectivity index (χ1) is 8.19. The van der Waals surface area contributed by atoms with E-state index in [1.54, 1.807) is 6.07 Å². The molecule has 0 aliphatic carbocycles. The lowest BCUT2D eigenvalue weighted by Crippen LogP contribution is -2.33. The zero-order valence-electron chi connectivity index (χ0n) is 9.88. The molecule has 0 bridgehead atoms. The molecule has 94 valence electrons. The summed E-state index contributed by atoms with van der Waals surface area (Å²) in [7, 11) is 0. The summed E-state index contributed by atoms with van der Waals surface area (Å²) in [6.07, 6.45) is 3.34. The van der Waals surface area contributed by atoms with Crippen LogP contribution >= 0.6 is 15.9 Å². The van der Waals surface area contributed by atoms with Gasteiger partial charge in [-0.15, -0.1) is 0 Å². The van der Waals surface area contributed by atoms with Crippen LogP contribution in [0.5, 0.6) is 0 Å².